The van der Waals surface area contributed by atoms with Gasteiger partial charge < -0.3 is 45.7 Å². The minimum absolute atomic E-state index is 0.0103. The number of rotatable bonds is 26. The molecule has 3 amide bonds. The lowest BCUT2D eigenvalue weighted by Crippen LogP contribution is -2.49. The Morgan fingerprint density at radius 3 is 1.25 bits per heavy atom. The Hall–Kier alpha value is -9.36. The second-order valence-corrected chi connectivity index (χ2v) is 27.8. The number of carbonyl (C=O) groups excluding carboxylic acids is 3. The van der Waals surface area contributed by atoms with Crippen LogP contribution in [0.4, 0.5) is 57.4 Å². The minimum Gasteiger partial charge on any atom is -0.405 e. The van der Waals surface area contributed by atoms with E-state index in [1.807, 2.05) is 27.7 Å². The third-order valence-corrected chi connectivity index (χ3v) is 18.9. The molecule has 0 aliphatic rings. The molecule has 5 N–H and O–H groups in total. The smallest absolute Gasteiger partial charge is 0.405 e. The van der Waals surface area contributed by atoms with Crippen molar-refractivity contribution in [1.29, 1.82) is 0 Å². The Morgan fingerprint density at radius 2 is 0.852 bits per heavy atom. The summed E-state index contributed by atoms with van der Waals surface area (Å²) in [5.74, 6) is -3.22. The maximum atomic E-state index is 14.3. The first-order valence-electron chi connectivity index (χ1n) is 33.2. The highest BCUT2D eigenvalue weighted by atomic mass is 79.9. The number of para-hydroxylation sites is 3. The zero-order chi connectivity index (χ0) is 77.7. The summed E-state index contributed by atoms with van der Waals surface area (Å²) in [7, 11) is 0. The summed E-state index contributed by atoms with van der Waals surface area (Å²) in [5.41, 5.74) is 1.58. The number of nitrogens with one attached hydrogen (secondary N) is 5. The van der Waals surface area contributed by atoms with Gasteiger partial charge in [0.15, 0.2) is 34.4 Å². The Balaban J connectivity index is 0.000000263. The summed E-state index contributed by atoms with van der Waals surface area (Å²) < 4.78 is 140. The molecule has 6 aromatic carbocycles. The molecular weight excluding hydrogens is 1690 g/mol. The van der Waals surface area contributed by atoms with E-state index >= 15 is 0 Å². The minimum atomic E-state index is -5.10. The van der Waals surface area contributed by atoms with E-state index in [0.717, 1.165) is 31.0 Å². The van der Waals surface area contributed by atoms with Gasteiger partial charge in [-0.25, -0.2) is 29.9 Å². The van der Waals surface area contributed by atoms with Crippen LogP contribution < -0.4 is 45.7 Å². The zero-order valence-electron chi connectivity index (χ0n) is 57.1. The molecule has 108 heavy (non-hydrogen) atoms. The average molecular weight is 1760 g/mol. The number of hydrogen-bond acceptors (Lipinski definition) is 18. The topological polar surface area (TPSA) is 272 Å². The van der Waals surface area contributed by atoms with Crippen molar-refractivity contribution >= 4 is 168 Å². The number of anilines is 3. The monoisotopic (exact) mass is 1750 g/mol. The van der Waals surface area contributed by atoms with Crippen LogP contribution in [0.2, 0.25) is 15.1 Å². The van der Waals surface area contributed by atoms with Gasteiger partial charge in [-0.3, -0.25) is 14.4 Å². The number of benzene rings is 6. The van der Waals surface area contributed by atoms with Crippen LogP contribution in [0.5, 0.6) is 17.2 Å². The normalized spacial score (nSPS) is 12.8. The Morgan fingerprint density at radius 1 is 0.481 bits per heavy atom. The third kappa shape index (κ3) is 18.5. The summed E-state index contributed by atoms with van der Waals surface area (Å²) in [6.45, 7) is 10.2. The molecule has 6 aromatic heterocycles. The molecule has 0 bridgehead atoms. The van der Waals surface area contributed by atoms with Crippen LogP contribution in [-0.4, -0.2) is 140 Å². The van der Waals surface area contributed by atoms with Gasteiger partial charge in [0.1, 0.15) is 35.4 Å². The summed E-state index contributed by atoms with van der Waals surface area (Å²) in [6.07, 6.45) is -11.8. The maximum Gasteiger partial charge on any atom is 0.573 e. The molecule has 12 aromatic rings. The van der Waals surface area contributed by atoms with Crippen LogP contribution >= 0.6 is 82.6 Å². The predicted molar refractivity (Wildman–Crippen MR) is 400 cm³/mol. The summed E-state index contributed by atoms with van der Waals surface area (Å²) in [5, 5.41) is 30.2. The van der Waals surface area contributed by atoms with Crippen molar-refractivity contribution in [3.63, 3.8) is 0 Å². The van der Waals surface area contributed by atoms with E-state index in [2.05, 4.69) is 119 Å². The molecule has 0 aliphatic carbocycles. The van der Waals surface area contributed by atoms with Crippen molar-refractivity contribution in [2.24, 2.45) is 0 Å². The lowest BCUT2D eigenvalue weighted by Gasteiger charge is -2.31. The highest BCUT2D eigenvalue weighted by Gasteiger charge is 2.37. The van der Waals surface area contributed by atoms with Crippen LogP contribution in [0.15, 0.2) is 123 Å². The van der Waals surface area contributed by atoms with Gasteiger partial charge in [-0.05, 0) is 178 Å². The van der Waals surface area contributed by atoms with E-state index in [9.17, 15) is 53.9 Å². The number of ether oxygens (including phenoxy) is 3. The number of amides is 3. The molecule has 0 unspecified atom stereocenters. The van der Waals surface area contributed by atoms with Crippen molar-refractivity contribution in [2.75, 3.05) is 41.7 Å². The number of nitrogens with zero attached hydrogens (tertiary/aromatic N) is 13. The molecule has 568 valence electrons. The van der Waals surface area contributed by atoms with Crippen LogP contribution in [0, 0.1) is 0 Å². The van der Waals surface area contributed by atoms with Crippen molar-refractivity contribution in [2.45, 2.75) is 110 Å². The molecule has 12 rings (SSSR count). The van der Waals surface area contributed by atoms with Crippen LogP contribution in [0.1, 0.15) is 73.1 Å². The van der Waals surface area contributed by atoms with Gasteiger partial charge in [0.25, 0.3) is 0 Å². The van der Waals surface area contributed by atoms with E-state index in [1.165, 1.54) is 49.9 Å². The van der Waals surface area contributed by atoms with Crippen molar-refractivity contribution < 1.29 is 68.1 Å². The molecule has 0 spiro atoms. The first kappa shape index (κ1) is 79.7. The van der Waals surface area contributed by atoms with Gasteiger partial charge in [0.2, 0.25) is 35.6 Å². The molecule has 0 fully saturated rings. The molecule has 0 saturated carbocycles. The van der Waals surface area contributed by atoms with Gasteiger partial charge in [-0.2, -0.15) is 13.5 Å². The molecule has 3 atom stereocenters. The van der Waals surface area contributed by atoms with E-state index in [-0.39, 0.29) is 104 Å². The molecule has 0 aliphatic heterocycles. The largest absolute Gasteiger partial charge is 0.573 e. The fraction of sp³-hybridized carbons (Fsp3) is 0.304. The van der Waals surface area contributed by atoms with Gasteiger partial charge in [-0.1, -0.05) is 87.1 Å². The van der Waals surface area contributed by atoms with Crippen molar-refractivity contribution in [1.82, 2.24) is 74.7 Å². The standard InChI is InChI=1S/C45H38Br2Cl2F6N12O4.C24H23BrClF3N6O2/c1-4-17-56-40(68)22(3)65(43-60-35-28(9-7-11-30(35)47)39-62-37(64-67(39)43)26-15-13-24(49)21-33(26)71-45(53,54)55)19-16-31(41(69)57-18-5-2)58-42-59-34-27(8-6-10-29(34)46)38-61-36(63-66(38)42)25-14-12-23(48)20-32(25)70-44(50,51)52;1-3-5-11-30-22(36)17(4-2)31-23-32-19-15(7-6-8-16(19)25)21-33-20(34-35(21)23)14-10-9-13(26)12-18(14)37-24(27,28)29/h6-15,20-22,31H,4-5,16-19H2,1-3H3,(H,56,68)(H,57,69)(H,58,59);6-10,12,17H,3-5,11H2,1-2H3,(H,30,36)(H,31,32)/t22-,31+;17-/m00/s1. The Labute approximate surface area is 647 Å². The lowest BCUT2D eigenvalue weighted by molar-refractivity contribution is -0.275. The second kappa shape index (κ2) is 33.6. The first-order chi connectivity index (χ1) is 51.3. The van der Waals surface area contributed by atoms with Crippen LogP contribution in [-0.2, 0) is 14.4 Å². The lowest BCUT2D eigenvalue weighted by atomic mass is 10.1. The quantitative estimate of drug-likeness (QED) is 0.0249. The Kier molecular flexibility index (Phi) is 24.8. The number of hydrogen-bond donors (Lipinski definition) is 5. The van der Waals surface area contributed by atoms with Gasteiger partial charge in [0.05, 0.1) is 33.2 Å². The summed E-state index contributed by atoms with van der Waals surface area (Å²) in [6, 6.07) is 23.9. The second-order valence-electron chi connectivity index (χ2n) is 24.0. The van der Waals surface area contributed by atoms with E-state index in [1.54, 1.807) is 66.4 Å². The van der Waals surface area contributed by atoms with E-state index < -0.39 is 66.3 Å². The number of alkyl halides is 9. The highest BCUT2D eigenvalue weighted by Crippen LogP contribution is 2.41. The van der Waals surface area contributed by atoms with Gasteiger partial charge >= 0.3 is 19.1 Å². The number of halogens is 15. The highest BCUT2D eigenvalue weighted by molar-refractivity contribution is 9.11. The number of aromatic nitrogens is 12. The molecule has 6 heterocycles. The van der Waals surface area contributed by atoms with Crippen molar-refractivity contribution in [3.05, 3.63) is 138 Å². The SMILES string of the molecule is CCCCNC(=O)[C@H](CC)Nc1nc2c(Br)cccc2c2nc(-c3ccc(Cl)cc3OC(F)(F)F)nn12.CCCNC(=O)[C@@H](CCN(c1nc2c(Br)cccc2c2nc(-c3ccc(Cl)cc3OC(F)(F)F)nn12)[C@@H](C)C(=O)NCCC)Nc1nc2c(Br)cccc2c2nc(-c3ccc(Cl)cc3OC(F)(F)F)nn12. The van der Waals surface area contributed by atoms with Crippen LogP contribution in [0.25, 0.3) is 83.8 Å². The number of carbonyl (C=O) groups is 3. The molecule has 24 nitrogen and oxygen atoms in total. The molecule has 0 radical (unpaired) electrons. The average Bonchev–Trinajstić information content (AvgIpc) is 1.80. The van der Waals surface area contributed by atoms with Gasteiger partial charge in [-0.15, -0.1) is 54.8 Å². The maximum absolute atomic E-state index is 14.3. The number of fused-ring (bicyclic) bond motifs is 9. The number of unbranched alkanes of at least 4 members (excludes halogenated alkanes) is 1. The van der Waals surface area contributed by atoms with E-state index in [4.69, 9.17) is 49.8 Å². The first-order valence-corrected chi connectivity index (χ1v) is 36.7. The van der Waals surface area contributed by atoms with Crippen LogP contribution in [0.3, 0.4) is 0 Å². The molecular formula is C69H61Br3Cl3F9N18O6. The summed E-state index contributed by atoms with van der Waals surface area (Å²) in [4.78, 5) is 71.0. The van der Waals surface area contributed by atoms with Crippen molar-refractivity contribution in [3.8, 4) is 51.4 Å². The molecule has 0 saturated heterocycles. The summed E-state index contributed by atoms with van der Waals surface area (Å²) >= 11 is 28.7. The third-order valence-electron chi connectivity index (χ3n) is 16.3. The fourth-order valence-corrected chi connectivity index (χ4v) is 13.1. The Bertz CT molecular complexity index is 5370. The van der Waals surface area contributed by atoms with E-state index in [0.29, 0.717) is 84.1 Å². The van der Waals surface area contributed by atoms with Gasteiger partial charge in [0, 0.05) is 70.8 Å². The fourth-order valence-electron chi connectivity index (χ4n) is 11.3. The molecule has 39 heteroatoms. The zero-order valence-corrected chi connectivity index (χ0v) is 64.2. The predicted octanol–water partition coefficient (Wildman–Crippen LogP) is 17.3.